The number of imidazole rings is 1. The van der Waals surface area contributed by atoms with Gasteiger partial charge in [0.15, 0.2) is 10.6 Å². The fourth-order valence-corrected chi connectivity index (χ4v) is 4.06. The van der Waals surface area contributed by atoms with E-state index in [0.717, 1.165) is 12.5 Å². The minimum absolute atomic E-state index is 0.216. The van der Waals surface area contributed by atoms with E-state index in [9.17, 15) is 8.78 Å². The second-order valence-electron chi connectivity index (χ2n) is 5.96. The third-order valence-electron chi connectivity index (χ3n) is 4.69. The maximum atomic E-state index is 13.9. The monoisotopic (exact) mass is 310 g/mol. The van der Waals surface area contributed by atoms with Crippen LogP contribution >= 0.6 is 12.2 Å². The molecule has 21 heavy (non-hydrogen) atoms. The molecule has 1 saturated carbocycles. The molecule has 0 spiro atoms. The van der Waals surface area contributed by atoms with Crippen molar-refractivity contribution in [1.29, 1.82) is 0 Å². The van der Waals surface area contributed by atoms with Gasteiger partial charge in [-0.1, -0.05) is 26.2 Å². The summed E-state index contributed by atoms with van der Waals surface area (Å²) in [6.07, 6.45) is 7.02. The summed E-state index contributed by atoms with van der Waals surface area (Å²) < 4.78 is 29.9. The van der Waals surface area contributed by atoms with E-state index >= 15 is 0 Å². The molecule has 0 saturated heterocycles. The zero-order valence-corrected chi connectivity index (χ0v) is 13.0. The highest BCUT2D eigenvalue weighted by Crippen LogP contribution is 2.37. The van der Waals surface area contributed by atoms with Crippen LogP contribution in [0.4, 0.5) is 8.78 Å². The number of hydrogen-bond acceptors (Lipinski definition) is 1. The van der Waals surface area contributed by atoms with Crippen molar-refractivity contribution in [1.82, 2.24) is 9.55 Å². The number of nitrogens with zero attached hydrogens (tertiary/aromatic N) is 1. The van der Waals surface area contributed by atoms with Crippen LogP contribution < -0.4 is 0 Å². The summed E-state index contributed by atoms with van der Waals surface area (Å²) in [6.45, 7) is 2.12. The van der Waals surface area contributed by atoms with Crippen molar-refractivity contribution >= 4 is 23.3 Å². The van der Waals surface area contributed by atoms with Crippen molar-refractivity contribution in [3.8, 4) is 0 Å². The zero-order valence-electron chi connectivity index (χ0n) is 12.2. The molecule has 1 fully saturated rings. The molecule has 1 aromatic heterocycles. The maximum Gasteiger partial charge on any atom is 0.178 e. The molecule has 5 heteroatoms. The summed E-state index contributed by atoms with van der Waals surface area (Å²) in [7, 11) is 0. The van der Waals surface area contributed by atoms with Crippen LogP contribution in [0.1, 0.15) is 51.5 Å². The first-order chi connectivity index (χ1) is 10.1. The number of benzene rings is 1. The van der Waals surface area contributed by atoms with Gasteiger partial charge < -0.3 is 9.55 Å². The molecule has 0 amide bonds. The van der Waals surface area contributed by atoms with Crippen molar-refractivity contribution in [3.63, 3.8) is 0 Å². The van der Waals surface area contributed by atoms with Gasteiger partial charge in [-0.25, -0.2) is 8.78 Å². The number of fused-ring (bicyclic) bond motifs is 1. The van der Waals surface area contributed by atoms with E-state index in [2.05, 4.69) is 11.9 Å². The number of H-pyrrole nitrogens is 1. The quantitative estimate of drug-likeness (QED) is 0.741. The van der Waals surface area contributed by atoms with Gasteiger partial charge in [0, 0.05) is 12.1 Å². The largest absolute Gasteiger partial charge is 0.328 e. The summed E-state index contributed by atoms with van der Waals surface area (Å²) >= 11 is 5.39. The third-order valence-corrected chi connectivity index (χ3v) is 4.99. The van der Waals surface area contributed by atoms with E-state index in [-0.39, 0.29) is 6.04 Å². The number of rotatable bonds is 3. The standard InChI is InChI=1S/C16H20F2N2S/c1-2-13(10-6-4-3-5-7-10)20-14-9-11(17)8-12(18)15(14)19-16(20)21/h8-10,13H,2-7H2,1H3,(H,19,21). The number of halogens is 2. The molecule has 1 atom stereocenters. The highest BCUT2D eigenvalue weighted by molar-refractivity contribution is 7.71. The maximum absolute atomic E-state index is 13.9. The molecule has 1 heterocycles. The SMILES string of the molecule is CCC(C1CCCCC1)n1c(=S)[nH]c2c(F)cc(F)cc21. The van der Waals surface area contributed by atoms with Crippen LogP contribution in [0, 0.1) is 22.3 Å². The lowest BCUT2D eigenvalue weighted by molar-refractivity contribution is 0.245. The lowest BCUT2D eigenvalue weighted by atomic mass is 9.83. The Morgan fingerprint density at radius 1 is 1.29 bits per heavy atom. The first-order valence-electron chi connectivity index (χ1n) is 7.71. The van der Waals surface area contributed by atoms with Crippen LogP contribution in [0.3, 0.4) is 0 Å². The van der Waals surface area contributed by atoms with Crippen molar-refractivity contribution in [2.24, 2.45) is 5.92 Å². The van der Waals surface area contributed by atoms with Crippen molar-refractivity contribution in [2.45, 2.75) is 51.5 Å². The lowest BCUT2D eigenvalue weighted by Crippen LogP contribution is -2.21. The van der Waals surface area contributed by atoms with Crippen LogP contribution in [-0.4, -0.2) is 9.55 Å². The molecule has 1 unspecified atom stereocenters. The molecule has 3 rings (SSSR count). The van der Waals surface area contributed by atoms with Gasteiger partial charge in [0.1, 0.15) is 11.3 Å². The molecule has 2 aromatic rings. The highest BCUT2D eigenvalue weighted by atomic mass is 32.1. The molecule has 0 radical (unpaired) electrons. The topological polar surface area (TPSA) is 20.7 Å². The average Bonchev–Trinajstić information content (AvgIpc) is 2.79. The molecular weight excluding hydrogens is 290 g/mol. The van der Waals surface area contributed by atoms with Gasteiger partial charge in [-0.2, -0.15) is 0 Å². The third kappa shape index (κ3) is 2.63. The van der Waals surface area contributed by atoms with Crippen LogP contribution in [0.25, 0.3) is 11.0 Å². The number of hydrogen-bond donors (Lipinski definition) is 1. The van der Waals surface area contributed by atoms with Crippen LogP contribution in [0.15, 0.2) is 12.1 Å². The summed E-state index contributed by atoms with van der Waals surface area (Å²) in [6, 6.07) is 2.50. The summed E-state index contributed by atoms with van der Waals surface area (Å²) in [4.78, 5) is 2.91. The van der Waals surface area contributed by atoms with Gasteiger partial charge in [0.25, 0.3) is 0 Å². The van der Waals surface area contributed by atoms with E-state index in [1.54, 1.807) is 0 Å². The minimum Gasteiger partial charge on any atom is -0.328 e. The van der Waals surface area contributed by atoms with Gasteiger partial charge in [0.05, 0.1) is 5.52 Å². The van der Waals surface area contributed by atoms with Crippen molar-refractivity contribution < 1.29 is 8.78 Å². The lowest BCUT2D eigenvalue weighted by Gasteiger charge is -2.31. The average molecular weight is 310 g/mol. The fraction of sp³-hybridized carbons (Fsp3) is 0.562. The molecule has 0 bridgehead atoms. The molecule has 114 valence electrons. The number of nitrogens with one attached hydrogen (secondary N) is 1. The molecule has 1 aromatic carbocycles. The van der Waals surface area contributed by atoms with E-state index < -0.39 is 11.6 Å². The predicted molar refractivity (Wildman–Crippen MR) is 82.9 cm³/mol. The van der Waals surface area contributed by atoms with E-state index in [0.29, 0.717) is 21.7 Å². The van der Waals surface area contributed by atoms with Gasteiger partial charge >= 0.3 is 0 Å². The Morgan fingerprint density at radius 2 is 2.00 bits per heavy atom. The Labute approximate surface area is 128 Å². The zero-order chi connectivity index (χ0) is 15.0. The second kappa shape index (κ2) is 5.87. The first kappa shape index (κ1) is 14.7. The van der Waals surface area contributed by atoms with E-state index in [4.69, 9.17) is 12.2 Å². The smallest absolute Gasteiger partial charge is 0.178 e. The van der Waals surface area contributed by atoms with Gasteiger partial charge in [-0.15, -0.1) is 0 Å². The molecule has 1 aliphatic rings. The van der Waals surface area contributed by atoms with Crippen molar-refractivity contribution in [2.75, 3.05) is 0 Å². The van der Waals surface area contributed by atoms with Crippen LogP contribution in [0.2, 0.25) is 0 Å². The van der Waals surface area contributed by atoms with Gasteiger partial charge in [-0.3, -0.25) is 0 Å². The summed E-state index contributed by atoms with van der Waals surface area (Å²) in [5.74, 6) is -0.588. The minimum atomic E-state index is -0.576. The molecule has 1 aliphatic carbocycles. The Kier molecular flexibility index (Phi) is 4.11. The van der Waals surface area contributed by atoms with Gasteiger partial charge in [0.2, 0.25) is 0 Å². The molecule has 2 nitrogen and oxygen atoms in total. The fourth-order valence-electron chi connectivity index (χ4n) is 3.73. The Balaban J connectivity index is 2.13. The second-order valence-corrected chi connectivity index (χ2v) is 6.34. The summed E-state index contributed by atoms with van der Waals surface area (Å²) in [5.41, 5.74) is 0.866. The molecule has 1 N–H and O–H groups in total. The van der Waals surface area contributed by atoms with Crippen molar-refractivity contribution in [3.05, 3.63) is 28.5 Å². The van der Waals surface area contributed by atoms with E-state index in [1.165, 1.54) is 38.2 Å². The predicted octanol–water partition coefficient (Wildman–Crippen LogP) is 5.51. The Hall–Kier alpha value is -1.23. The van der Waals surface area contributed by atoms with Gasteiger partial charge in [-0.05, 0) is 43.5 Å². The molecular formula is C16H20F2N2S. The normalized spacial score (nSPS) is 18.2. The highest BCUT2D eigenvalue weighted by Gasteiger charge is 2.26. The Morgan fingerprint density at radius 3 is 2.67 bits per heavy atom. The Bertz CT molecular complexity index is 698. The number of aromatic amines is 1. The first-order valence-corrected chi connectivity index (χ1v) is 8.12. The van der Waals surface area contributed by atoms with E-state index in [1.807, 2.05) is 4.57 Å². The number of aromatic nitrogens is 2. The summed E-state index contributed by atoms with van der Waals surface area (Å²) in [5, 5.41) is 0. The molecule has 0 aliphatic heterocycles. The van der Waals surface area contributed by atoms with Crippen LogP contribution in [-0.2, 0) is 0 Å². The van der Waals surface area contributed by atoms with Crippen LogP contribution in [0.5, 0.6) is 0 Å².